The van der Waals surface area contributed by atoms with Crippen molar-refractivity contribution < 1.29 is 28.9 Å². The molecule has 1 aliphatic rings. The summed E-state index contributed by atoms with van der Waals surface area (Å²) in [5.41, 5.74) is 5.51. The van der Waals surface area contributed by atoms with Gasteiger partial charge in [-0.25, -0.2) is 0 Å². The van der Waals surface area contributed by atoms with Crippen LogP contribution in [0, 0.1) is 0 Å². The number of carbonyl (C=O) groups excluding carboxylic acids is 2. The number of carbonyl (C=O) groups is 2. The average molecular weight is 417 g/mol. The number of ether oxygens (including phenoxy) is 3. The minimum Gasteiger partial charge on any atom is -0.456 e. The number of amides is 1. The maximum Gasteiger partial charge on any atom is 0.303 e. The molecule has 154 valence electrons. The zero-order valence-corrected chi connectivity index (χ0v) is 16.7. The Balaban J connectivity index is 1.86. The highest BCUT2D eigenvalue weighted by Gasteiger charge is 2.50. The molecule has 1 fully saturated rings. The predicted molar refractivity (Wildman–Crippen MR) is 107 cm³/mol. The van der Waals surface area contributed by atoms with E-state index in [0.29, 0.717) is 0 Å². The van der Waals surface area contributed by atoms with E-state index in [9.17, 15) is 14.7 Å². The number of benzene rings is 2. The fourth-order valence-corrected chi connectivity index (χ4v) is 4.16. The number of nitrogens with two attached hydrogens (primary N) is 1. The van der Waals surface area contributed by atoms with Gasteiger partial charge in [-0.3, -0.25) is 9.59 Å². The predicted octanol–water partition coefficient (Wildman–Crippen LogP) is 1.87. The number of primary amides is 1. The van der Waals surface area contributed by atoms with Crippen LogP contribution in [-0.4, -0.2) is 46.8 Å². The number of esters is 1. The van der Waals surface area contributed by atoms with Crippen molar-refractivity contribution in [2.24, 2.45) is 5.73 Å². The lowest BCUT2D eigenvalue weighted by atomic mass is 9.98. The van der Waals surface area contributed by atoms with Crippen LogP contribution in [0.3, 0.4) is 0 Å². The Hall–Kier alpha value is -2.39. The fraction of sp³-hybridized carbons (Fsp3) is 0.333. The van der Waals surface area contributed by atoms with Crippen LogP contribution in [0.15, 0.2) is 65.6 Å². The molecule has 2 aromatic rings. The summed E-state index contributed by atoms with van der Waals surface area (Å²) < 4.78 is 17.1. The second kappa shape index (κ2) is 9.89. The van der Waals surface area contributed by atoms with E-state index >= 15 is 0 Å². The van der Waals surface area contributed by atoms with Gasteiger partial charge in [0, 0.05) is 11.8 Å². The molecule has 3 N–H and O–H groups in total. The second-order valence-corrected chi connectivity index (χ2v) is 7.76. The Morgan fingerprint density at radius 3 is 2.28 bits per heavy atom. The topological polar surface area (TPSA) is 108 Å². The lowest BCUT2D eigenvalue weighted by Crippen LogP contribution is -2.61. The molecule has 29 heavy (non-hydrogen) atoms. The Morgan fingerprint density at radius 1 is 1.07 bits per heavy atom. The third-order valence-electron chi connectivity index (χ3n) is 4.38. The Morgan fingerprint density at radius 2 is 1.69 bits per heavy atom. The van der Waals surface area contributed by atoms with Crippen LogP contribution < -0.4 is 5.73 Å². The van der Waals surface area contributed by atoms with E-state index < -0.39 is 41.7 Å². The maximum atomic E-state index is 11.9. The van der Waals surface area contributed by atoms with Crippen LogP contribution in [0.5, 0.6) is 0 Å². The molecule has 0 aliphatic carbocycles. The van der Waals surface area contributed by atoms with E-state index in [1.54, 1.807) is 0 Å². The van der Waals surface area contributed by atoms with Crippen molar-refractivity contribution in [1.29, 1.82) is 0 Å². The summed E-state index contributed by atoms with van der Waals surface area (Å²) >= 11 is 1.26. The van der Waals surface area contributed by atoms with Gasteiger partial charge in [0.05, 0.1) is 6.61 Å². The molecule has 0 radical (unpaired) electrons. The van der Waals surface area contributed by atoms with E-state index in [2.05, 4.69) is 0 Å². The van der Waals surface area contributed by atoms with Gasteiger partial charge in [-0.05, 0) is 17.7 Å². The standard InChI is InChI=1S/C21H23NO6S/c1-13(23)27-19-17(26-12-14-8-4-2-5-9-14)16(24)18(20(22)25)28-21(19)29-15-10-6-3-7-11-15/h2-11,16-19,21,24H,12H2,1H3,(H2,22,25)/t16-,17+,18?,19?,21-/m0/s1. The molecule has 8 heteroatoms. The molecule has 5 atom stereocenters. The van der Waals surface area contributed by atoms with Gasteiger partial charge in [0.15, 0.2) is 12.2 Å². The molecule has 1 aliphatic heterocycles. The second-order valence-electron chi connectivity index (χ2n) is 6.58. The third-order valence-corrected chi connectivity index (χ3v) is 5.54. The molecule has 0 saturated carbocycles. The first-order valence-corrected chi connectivity index (χ1v) is 10.0. The third kappa shape index (κ3) is 5.57. The lowest BCUT2D eigenvalue weighted by molar-refractivity contribution is -0.224. The van der Waals surface area contributed by atoms with Gasteiger partial charge < -0.3 is 25.1 Å². The highest BCUT2D eigenvalue weighted by atomic mass is 32.2. The summed E-state index contributed by atoms with van der Waals surface area (Å²) in [5, 5.41) is 10.7. The Kier molecular flexibility index (Phi) is 7.27. The SMILES string of the molecule is CC(=O)OC1[C@H](Sc2ccccc2)OC(C(N)=O)[C@@H](O)[C@H]1OCc1ccccc1. The first-order chi connectivity index (χ1) is 14.0. The van der Waals surface area contributed by atoms with E-state index in [1.165, 1.54) is 18.7 Å². The van der Waals surface area contributed by atoms with Crippen molar-refractivity contribution in [1.82, 2.24) is 0 Å². The van der Waals surface area contributed by atoms with Crippen molar-refractivity contribution >= 4 is 23.6 Å². The molecule has 3 rings (SSSR count). The van der Waals surface area contributed by atoms with E-state index in [-0.39, 0.29) is 6.61 Å². The monoisotopic (exact) mass is 417 g/mol. The van der Waals surface area contributed by atoms with Gasteiger partial charge in [0.25, 0.3) is 0 Å². The quantitative estimate of drug-likeness (QED) is 0.662. The summed E-state index contributed by atoms with van der Waals surface area (Å²) in [6.07, 6.45) is -4.60. The molecular weight excluding hydrogens is 394 g/mol. The number of hydrogen-bond donors (Lipinski definition) is 2. The molecular formula is C21H23NO6S. The van der Waals surface area contributed by atoms with Crippen LogP contribution in [0.4, 0.5) is 0 Å². The smallest absolute Gasteiger partial charge is 0.303 e. The van der Waals surface area contributed by atoms with Crippen LogP contribution in [0.2, 0.25) is 0 Å². The Labute approximate surface area is 173 Å². The number of rotatable bonds is 7. The summed E-state index contributed by atoms with van der Waals surface area (Å²) in [7, 11) is 0. The van der Waals surface area contributed by atoms with E-state index in [0.717, 1.165) is 10.5 Å². The van der Waals surface area contributed by atoms with Gasteiger partial charge in [0.2, 0.25) is 5.91 Å². The van der Waals surface area contributed by atoms with Crippen molar-refractivity contribution in [3.8, 4) is 0 Å². The average Bonchev–Trinajstić information content (AvgIpc) is 2.70. The largest absolute Gasteiger partial charge is 0.456 e. The molecule has 0 bridgehead atoms. The number of hydrogen-bond acceptors (Lipinski definition) is 7. The summed E-state index contributed by atoms with van der Waals surface area (Å²) in [5.74, 6) is -1.36. The van der Waals surface area contributed by atoms with Gasteiger partial charge in [0.1, 0.15) is 17.6 Å². The molecule has 2 aromatic carbocycles. The van der Waals surface area contributed by atoms with Gasteiger partial charge in [-0.15, -0.1) is 0 Å². The number of thioether (sulfide) groups is 1. The molecule has 2 unspecified atom stereocenters. The highest BCUT2D eigenvalue weighted by Crippen LogP contribution is 2.36. The van der Waals surface area contributed by atoms with E-state index in [4.69, 9.17) is 19.9 Å². The van der Waals surface area contributed by atoms with Crippen LogP contribution in [-0.2, 0) is 30.4 Å². The normalized spacial score (nSPS) is 26.6. The Bertz CT molecular complexity index is 818. The zero-order chi connectivity index (χ0) is 20.8. The fourth-order valence-electron chi connectivity index (χ4n) is 3.06. The molecule has 0 aromatic heterocycles. The molecule has 1 saturated heterocycles. The van der Waals surface area contributed by atoms with Gasteiger partial charge in [-0.2, -0.15) is 0 Å². The van der Waals surface area contributed by atoms with Crippen molar-refractivity contribution in [3.63, 3.8) is 0 Å². The van der Waals surface area contributed by atoms with Crippen molar-refractivity contribution in [2.45, 2.75) is 48.3 Å². The summed E-state index contributed by atoms with van der Waals surface area (Å²) in [4.78, 5) is 24.5. The van der Waals surface area contributed by atoms with Crippen molar-refractivity contribution in [2.75, 3.05) is 0 Å². The first kappa shape index (κ1) is 21.3. The minimum absolute atomic E-state index is 0.161. The summed E-state index contributed by atoms with van der Waals surface area (Å²) in [6.45, 7) is 1.43. The molecule has 1 amide bonds. The van der Waals surface area contributed by atoms with Gasteiger partial charge in [-0.1, -0.05) is 60.3 Å². The zero-order valence-electron chi connectivity index (χ0n) is 15.8. The van der Waals surface area contributed by atoms with Crippen LogP contribution >= 0.6 is 11.8 Å². The lowest BCUT2D eigenvalue weighted by Gasteiger charge is -2.42. The highest BCUT2D eigenvalue weighted by molar-refractivity contribution is 7.99. The van der Waals surface area contributed by atoms with Crippen LogP contribution in [0.1, 0.15) is 12.5 Å². The van der Waals surface area contributed by atoms with E-state index in [1.807, 2.05) is 60.7 Å². The molecule has 0 spiro atoms. The minimum atomic E-state index is -1.38. The number of aliphatic hydroxyl groups excluding tert-OH is 1. The maximum absolute atomic E-state index is 11.9. The number of aliphatic hydroxyl groups is 1. The molecule has 1 heterocycles. The molecule has 7 nitrogen and oxygen atoms in total. The first-order valence-electron chi connectivity index (χ1n) is 9.13. The van der Waals surface area contributed by atoms with Crippen molar-refractivity contribution in [3.05, 3.63) is 66.2 Å². The summed E-state index contributed by atoms with van der Waals surface area (Å²) in [6, 6.07) is 18.7. The van der Waals surface area contributed by atoms with Crippen LogP contribution in [0.25, 0.3) is 0 Å². The van der Waals surface area contributed by atoms with Gasteiger partial charge >= 0.3 is 5.97 Å².